The molecule has 0 atom stereocenters. The maximum atomic E-state index is 11.6. The second-order valence-electron chi connectivity index (χ2n) is 7.99. The number of aromatic nitrogens is 4. The fraction of sp³-hybridized carbons (Fsp3) is 0.208. The van der Waals surface area contributed by atoms with Crippen LogP contribution in [0.3, 0.4) is 0 Å². The van der Waals surface area contributed by atoms with Gasteiger partial charge in [-0.3, -0.25) is 0 Å². The predicted octanol–water partition coefficient (Wildman–Crippen LogP) is 3.26. The first-order chi connectivity index (χ1) is 16.5. The van der Waals surface area contributed by atoms with Gasteiger partial charge in [-0.15, -0.1) is 0 Å². The number of anilines is 4. The quantitative estimate of drug-likeness (QED) is 0.409. The molecule has 34 heavy (non-hydrogen) atoms. The van der Waals surface area contributed by atoms with Crippen molar-refractivity contribution in [3.63, 3.8) is 0 Å². The lowest BCUT2D eigenvalue weighted by Gasteiger charge is -2.28. The highest BCUT2D eigenvalue weighted by molar-refractivity contribution is 5.95. The Morgan fingerprint density at radius 2 is 1.94 bits per heavy atom. The number of benzene rings is 2. The third kappa shape index (κ3) is 4.30. The number of ether oxygens (including phenoxy) is 1. The topological polar surface area (TPSA) is 139 Å². The monoisotopic (exact) mass is 457 g/mol. The normalized spacial score (nSPS) is 13.7. The zero-order chi connectivity index (χ0) is 23.7. The molecule has 1 aliphatic heterocycles. The predicted molar refractivity (Wildman–Crippen MR) is 129 cm³/mol. The summed E-state index contributed by atoms with van der Waals surface area (Å²) in [6, 6.07) is 12.7. The molecule has 10 heteroatoms. The largest absolute Gasteiger partial charge is 0.478 e. The Balaban J connectivity index is 1.53. The van der Waals surface area contributed by atoms with E-state index in [1.54, 1.807) is 18.3 Å². The zero-order valence-corrected chi connectivity index (χ0v) is 18.5. The van der Waals surface area contributed by atoms with E-state index in [-0.39, 0.29) is 11.5 Å². The Morgan fingerprint density at radius 1 is 1.12 bits per heavy atom. The molecular weight excluding hydrogens is 434 g/mol. The minimum atomic E-state index is -0.992. The lowest BCUT2D eigenvalue weighted by atomic mass is 10.1. The maximum absolute atomic E-state index is 11.6. The smallest absolute Gasteiger partial charge is 0.337 e. The average molecular weight is 457 g/mol. The van der Waals surface area contributed by atoms with Crippen molar-refractivity contribution in [2.75, 3.05) is 42.3 Å². The van der Waals surface area contributed by atoms with Gasteiger partial charge in [-0.2, -0.15) is 9.97 Å². The van der Waals surface area contributed by atoms with Crippen molar-refractivity contribution in [2.24, 2.45) is 0 Å². The summed E-state index contributed by atoms with van der Waals surface area (Å²) in [5.41, 5.74) is 10.8. The summed E-state index contributed by atoms with van der Waals surface area (Å²) in [7, 11) is 0. The molecule has 3 heterocycles. The SMILES string of the molecule is Cc1ccc(C(=O)O)c(Nc2cccc(-c3cnc4nc(N)nc(N5CCOCC5)c4n3)c2)c1. The first-order valence-corrected chi connectivity index (χ1v) is 10.8. The van der Waals surface area contributed by atoms with E-state index in [4.69, 9.17) is 15.5 Å². The number of rotatable bonds is 5. The highest BCUT2D eigenvalue weighted by atomic mass is 16.5. The molecule has 1 fully saturated rings. The number of nitrogen functional groups attached to an aromatic ring is 1. The maximum Gasteiger partial charge on any atom is 0.337 e. The van der Waals surface area contributed by atoms with E-state index >= 15 is 0 Å². The average Bonchev–Trinajstić information content (AvgIpc) is 2.84. The van der Waals surface area contributed by atoms with Gasteiger partial charge in [-0.05, 0) is 36.8 Å². The van der Waals surface area contributed by atoms with Gasteiger partial charge in [0.2, 0.25) is 5.95 Å². The highest BCUT2D eigenvalue weighted by Crippen LogP contribution is 2.29. The van der Waals surface area contributed by atoms with Crippen molar-refractivity contribution in [1.29, 1.82) is 0 Å². The van der Waals surface area contributed by atoms with Crippen molar-refractivity contribution in [3.8, 4) is 11.3 Å². The summed E-state index contributed by atoms with van der Waals surface area (Å²) >= 11 is 0. The van der Waals surface area contributed by atoms with Crippen LogP contribution in [0.25, 0.3) is 22.4 Å². The molecule has 4 N–H and O–H groups in total. The Kier molecular flexibility index (Phi) is 5.64. The van der Waals surface area contributed by atoms with E-state index in [9.17, 15) is 9.90 Å². The number of aryl methyl sites for hydroxylation is 1. The highest BCUT2D eigenvalue weighted by Gasteiger charge is 2.19. The van der Waals surface area contributed by atoms with Gasteiger partial charge in [0, 0.05) is 24.3 Å². The number of morpholine rings is 1. The second kappa shape index (κ2) is 8.91. The molecule has 2 aromatic heterocycles. The van der Waals surface area contributed by atoms with E-state index in [1.807, 2.05) is 37.3 Å². The number of nitrogens with zero attached hydrogens (tertiary/aromatic N) is 5. The number of carbonyl (C=O) groups is 1. The van der Waals surface area contributed by atoms with Crippen LogP contribution in [0.15, 0.2) is 48.7 Å². The standard InChI is InChI=1S/C24H23N7O3/c1-14-5-6-17(23(32)33)18(11-14)27-16-4-2-3-15(12-16)19-13-26-21-20(28-19)22(30-24(25)29-21)31-7-9-34-10-8-31/h2-6,11-13,27H,7-10H2,1H3,(H,32,33)(H2,25,26,29,30). The second-order valence-corrected chi connectivity index (χ2v) is 7.99. The molecule has 1 aliphatic rings. The summed E-state index contributed by atoms with van der Waals surface area (Å²) in [6.07, 6.45) is 1.65. The van der Waals surface area contributed by atoms with Crippen LogP contribution >= 0.6 is 0 Å². The zero-order valence-electron chi connectivity index (χ0n) is 18.5. The van der Waals surface area contributed by atoms with Gasteiger partial charge in [0.1, 0.15) is 0 Å². The Hall–Kier alpha value is -4.31. The van der Waals surface area contributed by atoms with Crippen molar-refractivity contribution in [1.82, 2.24) is 19.9 Å². The van der Waals surface area contributed by atoms with Gasteiger partial charge in [0.15, 0.2) is 17.0 Å². The fourth-order valence-corrected chi connectivity index (χ4v) is 3.90. The van der Waals surface area contributed by atoms with E-state index in [2.05, 4.69) is 25.2 Å². The van der Waals surface area contributed by atoms with Gasteiger partial charge >= 0.3 is 5.97 Å². The van der Waals surface area contributed by atoms with Crippen LogP contribution in [0.1, 0.15) is 15.9 Å². The minimum Gasteiger partial charge on any atom is -0.478 e. The fourth-order valence-electron chi connectivity index (χ4n) is 3.90. The Bertz CT molecular complexity index is 1390. The first-order valence-electron chi connectivity index (χ1n) is 10.8. The van der Waals surface area contributed by atoms with E-state index < -0.39 is 5.97 Å². The van der Waals surface area contributed by atoms with E-state index in [0.717, 1.165) is 16.8 Å². The van der Waals surface area contributed by atoms with Gasteiger partial charge in [0.05, 0.1) is 36.4 Å². The van der Waals surface area contributed by atoms with Crippen LogP contribution in [0.4, 0.5) is 23.1 Å². The molecule has 0 unspecified atom stereocenters. The van der Waals surface area contributed by atoms with Crippen LogP contribution in [-0.2, 0) is 4.74 Å². The summed E-state index contributed by atoms with van der Waals surface area (Å²) in [4.78, 5) is 31.7. The molecule has 0 radical (unpaired) electrons. The molecule has 0 bridgehead atoms. The minimum absolute atomic E-state index is 0.148. The molecule has 2 aromatic carbocycles. The number of carboxylic acid groups (broad SMARTS) is 1. The number of nitrogens with two attached hydrogens (primary N) is 1. The van der Waals surface area contributed by atoms with E-state index in [1.165, 1.54) is 0 Å². The summed E-state index contributed by atoms with van der Waals surface area (Å²) < 4.78 is 5.45. The molecule has 5 rings (SSSR count). The number of nitrogens with one attached hydrogen (secondary N) is 1. The van der Waals surface area contributed by atoms with Crippen LogP contribution in [0, 0.1) is 6.92 Å². The van der Waals surface area contributed by atoms with Crippen LogP contribution in [0.5, 0.6) is 0 Å². The van der Waals surface area contributed by atoms with Crippen molar-refractivity contribution < 1.29 is 14.6 Å². The molecule has 10 nitrogen and oxygen atoms in total. The Morgan fingerprint density at radius 3 is 2.74 bits per heavy atom. The van der Waals surface area contributed by atoms with Gasteiger partial charge < -0.3 is 25.8 Å². The molecule has 0 spiro atoms. The molecule has 4 aromatic rings. The third-order valence-electron chi connectivity index (χ3n) is 5.56. The van der Waals surface area contributed by atoms with Gasteiger partial charge in [0.25, 0.3) is 0 Å². The summed E-state index contributed by atoms with van der Waals surface area (Å²) in [5, 5.41) is 12.8. The first kappa shape index (κ1) is 21.5. The van der Waals surface area contributed by atoms with Crippen molar-refractivity contribution >= 4 is 40.3 Å². The molecule has 172 valence electrons. The lowest BCUT2D eigenvalue weighted by Crippen LogP contribution is -2.37. The summed E-state index contributed by atoms with van der Waals surface area (Å²) in [6.45, 7) is 4.48. The molecular formula is C24H23N7O3. The Labute approximate surface area is 195 Å². The van der Waals surface area contributed by atoms with Crippen LogP contribution < -0.4 is 16.0 Å². The van der Waals surface area contributed by atoms with Gasteiger partial charge in [-0.25, -0.2) is 14.8 Å². The number of fused-ring (bicyclic) bond motifs is 1. The van der Waals surface area contributed by atoms with Crippen molar-refractivity contribution in [3.05, 3.63) is 59.8 Å². The van der Waals surface area contributed by atoms with Gasteiger partial charge in [-0.1, -0.05) is 18.2 Å². The third-order valence-corrected chi connectivity index (χ3v) is 5.56. The molecule has 1 saturated heterocycles. The number of hydrogen-bond donors (Lipinski definition) is 3. The number of hydrogen-bond acceptors (Lipinski definition) is 9. The summed E-state index contributed by atoms with van der Waals surface area (Å²) in [5.74, 6) is -0.205. The lowest BCUT2D eigenvalue weighted by molar-refractivity contribution is 0.0698. The molecule has 0 aliphatic carbocycles. The molecule has 0 saturated carbocycles. The number of aromatic carboxylic acids is 1. The van der Waals surface area contributed by atoms with Crippen molar-refractivity contribution in [2.45, 2.75) is 6.92 Å². The van der Waals surface area contributed by atoms with Crippen LogP contribution in [0.2, 0.25) is 0 Å². The van der Waals surface area contributed by atoms with E-state index in [0.29, 0.717) is 54.7 Å². The number of carboxylic acids is 1. The van der Waals surface area contributed by atoms with Crippen LogP contribution in [-0.4, -0.2) is 57.3 Å². The molecule has 0 amide bonds.